The molecule has 0 unspecified atom stereocenters. The summed E-state index contributed by atoms with van der Waals surface area (Å²) >= 11 is 0. The quantitative estimate of drug-likeness (QED) is 0.521. The van der Waals surface area contributed by atoms with Gasteiger partial charge in [-0.05, 0) is 31.2 Å². The number of ketones is 1. The number of phenolic OH excluding ortho intramolecular Hbond substituents is 1. The Morgan fingerprint density at radius 1 is 1.05 bits per heavy atom. The van der Waals surface area contributed by atoms with E-state index in [1.165, 1.54) is 18.2 Å². The summed E-state index contributed by atoms with van der Waals surface area (Å²) in [6, 6.07) is 13.2. The van der Waals surface area contributed by atoms with Crippen molar-refractivity contribution in [1.29, 1.82) is 0 Å². The van der Waals surface area contributed by atoms with E-state index in [0.29, 0.717) is 5.56 Å². The molecule has 2 rings (SSSR count). The molecule has 0 aromatic heterocycles. The summed E-state index contributed by atoms with van der Waals surface area (Å²) in [5.74, 6) is -0.764. The van der Waals surface area contributed by atoms with Crippen LogP contribution in [0.5, 0.6) is 5.75 Å². The third-order valence-electron chi connectivity index (χ3n) is 3.04. The number of allylic oxidation sites excluding steroid dienone is 1. The van der Waals surface area contributed by atoms with Crippen LogP contribution in [0.4, 0.5) is 0 Å². The standard InChI is InChI=1S/C18H16O4/c1-2-22-18(21)15-9-5-4-8-14(15)17(20)12-11-13-7-3-6-10-16(13)19/h3-12,19H,2H2,1H3. The van der Waals surface area contributed by atoms with Crippen LogP contribution in [-0.2, 0) is 4.74 Å². The summed E-state index contributed by atoms with van der Waals surface area (Å²) in [5, 5.41) is 9.67. The predicted molar refractivity (Wildman–Crippen MR) is 83.9 cm³/mol. The Balaban J connectivity index is 2.27. The topological polar surface area (TPSA) is 63.6 Å². The number of para-hydroxylation sites is 1. The normalized spacial score (nSPS) is 10.6. The van der Waals surface area contributed by atoms with Gasteiger partial charge in [-0.3, -0.25) is 4.79 Å². The summed E-state index contributed by atoms with van der Waals surface area (Å²) in [7, 11) is 0. The number of benzene rings is 2. The van der Waals surface area contributed by atoms with Crippen molar-refractivity contribution in [2.75, 3.05) is 6.61 Å². The maximum absolute atomic E-state index is 12.3. The minimum absolute atomic E-state index is 0.0882. The molecule has 0 atom stereocenters. The van der Waals surface area contributed by atoms with Gasteiger partial charge < -0.3 is 9.84 Å². The van der Waals surface area contributed by atoms with Crippen LogP contribution in [0.25, 0.3) is 6.08 Å². The predicted octanol–water partition coefficient (Wildman–Crippen LogP) is 3.47. The highest BCUT2D eigenvalue weighted by Gasteiger charge is 2.15. The average molecular weight is 296 g/mol. The highest BCUT2D eigenvalue weighted by molar-refractivity contribution is 6.12. The molecule has 0 bridgehead atoms. The first-order valence-electron chi connectivity index (χ1n) is 6.90. The Morgan fingerprint density at radius 3 is 2.36 bits per heavy atom. The van der Waals surface area contributed by atoms with Crippen LogP contribution in [0.15, 0.2) is 54.6 Å². The number of hydrogen-bond donors (Lipinski definition) is 1. The van der Waals surface area contributed by atoms with E-state index in [2.05, 4.69) is 0 Å². The van der Waals surface area contributed by atoms with Gasteiger partial charge >= 0.3 is 5.97 Å². The maximum Gasteiger partial charge on any atom is 0.338 e. The molecule has 22 heavy (non-hydrogen) atoms. The molecule has 0 spiro atoms. The van der Waals surface area contributed by atoms with Crippen LogP contribution in [0.3, 0.4) is 0 Å². The number of rotatable bonds is 5. The lowest BCUT2D eigenvalue weighted by Gasteiger charge is -2.06. The molecular weight excluding hydrogens is 280 g/mol. The van der Waals surface area contributed by atoms with Crippen molar-refractivity contribution in [2.24, 2.45) is 0 Å². The Labute approximate surface area is 128 Å². The molecule has 0 saturated heterocycles. The van der Waals surface area contributed by atoms with Crippen LogP contribution >= 0.6 is 0 Å². The van der Waals surface area contributed by atoms with Crippen molar-refractivity contribution in [2.45, 2.75) is 6.92 Å². The van der Waals surface area contributed by atoms with Crippen molar-refractivity contribution in [1.82, 2.24) is 0 Å². The Hall–Kier alpha value is -2.88. The minimum atomic E-state index is -0.526. The molecule has 1 N–H and O–H groups in total. The second-order valence-corrected chi connectivity index (χ2v) is 4.52. The first-order chi connectivity index (χ1) is 10.6. The molecule has 0 aliphatic carbocycles. The number of aromatic hydroxyl groups is 1. The maximum atomic E-state index is 12.3. The molecule has 0 saturated carbocycles. The Bertz CT molecular complexity index is 717. The van der Waals surface area contributed by atoms with Gasteiger partial charge in [-0.2, -0.15) is 0 Å². The van der Waals surface area contributed by atoms with Gasteiger partial charge in [0.05, 0.1) is 12.2 Å². The summed E-state index contributed by atoms with van der Waals surface area (Å²) in [6.45, 7) is 1.95. The number of hydrogen-bond acceptors (Lipinski definition) is 4. The number of carbonyl (C=O) groups excluding carboxylic acids is 2. The summed E-state index contributed by atoms with van der Waals surface area (Å²) in [4.78, 5) is 24.1. The zero-order chi connectivity index (χ0) is 15.9. The SMILES string of the molecule is CCOC(=O)c1ccccc1C(=O)C=Cc1ccccc1O. The number of carbonyl (C=O) groups is 2. The van der Waals surface area contributed by atoms with Gasteiger partial charge in [0.1, 0.15) is 5.75 Å². The van der Waals surface area contributed by atoms with Crippen LogP contribution < -0.4 is 0 Å². The molecule has 0 aliphatic heterocycles. The zero-order valence-electron chi connectivity index (χ0n) is 12.2. The Kier molecular flexibility index (Phi) is 5.09. The summed E-state index contributed by atoms with van der Waals surface area (Å²) in [6.07, 6.45) is 2.84. The Morgan fingerprint density at radius 2 is 1.68 bits per heavy atom. The van der Waals surface area contributed by atoms with Gasteiger partial charge in [0.2, 0.25) is 0 Å². The van der Waals surface area contributed by atoms with E-state index < -0.39 is 5.97 Å². The second kappa shape index (κ2) is 7.22. The van der Waals surface area contributed by atoms with Gasteiger partial charge in [-0.15, -0.1) is 0 Å². The van der Waals surface area contributed by atoms with Gasteiger partial charge in [0.15, 0.2) is 5.78 Å². The molecule has 112 valence electrons. The van der Waals surface area contributed by atoms with E-state index in [9.17, 15) is 14.7 Å². The van der Waals surface area contributed by atoms with E-state index in [1.807, 2.05) is 0 Å². The van der Waals surface area contributed by atoms with Gasteiger partial charge in [0.25, 0.3) is 0 Å². The summed E-state index contributed by atoms with van der Waals surface area (Å²) < 4.78 is 4.95. The van der Waals surface area contributed by atoms with Crippen molar-refractivity contribution in [3.05, 3.63) is 71.3 Å². The van der Waals surface area contributed by atoms with Gasteiger partial charge in [0, 0.05) is 11.1 Å². The fourth-order valence-electron chi connectivity index (χ4n) is 1.97. The number of ether oxygens (including phenoxy) is 1. The number of phenols is 1. The molecule has 4 heteroatoms. The third-order valence-corrected chi connectivity index (χ3v) is 3.04. The molecule has 0 amide bonds. The lowest BCUT2D eigenvalue weighted by atomic mass is 10.0. The average Bonchev–Trinajstić information content (AvgIpc) is 2.54. The monoisotopic (exact) mass is 296 g/mol. The minimum Gasteiger partial charge on any atom is -0.507 e. The highest BCUT2D eigenvalue weighted by Crippen LogP contribution is 2.18. The van der Waals surface area contributed by atoms with E-state index >= 15 is 0 Å². The van der Waals surface area contributed by atoms with Crippen molar-refractivity contribution in [3.63, 3.8) is 0 Å². The second-order valence-electron chi connectivity index (χ2n) is 4.52. The fourth-order valence-corrected chi connectivity index (χ4v) is 1.97. The van der Waals surface area contributed by atoms with Crippen LogP contribution in [-0.4, -0.2) is 23.5 Å². The molecule has 0 radical (unpaired) electrons. The van der Waals surface area contributed by atoms with E-state index in [0.717, 1.165) is 0 Å². The fraction of sp³-hybridized carbons (Fsp3) is 0.111. The summed E-state index contributed by atoms with van der Waals surface area (Å²) in [5.41, 5.74) is 1.04. The van der Waals surface area contributed by atoms with Crippen molar-refractivity contribution in [3.8, 4) is 5.75 Å². The molecule has 0 heterocycles. The van der Waals surface area contributed by atoms with Gasteiger partial charge in [-0.25, -0.2) is 4.79 Å². The highest BCUT2D eigenvalue weighted by atomic mass is 16.5. The van der Waals surface area contributed by atoms with E-state index in [1.54, 1.807) is 49.4 Å². The lowest BCUT2D eigenvalue weighted by molar-refractivity contribution is 0.0523. The van der Waals surface area contributed by atoms with E-state index in [4.69, 9.17) is 4.74 Å². The van der Waals surface area contributed by atoms with E-state index in [-0.39, 0.29) is 29.3 Å². The first kappa shape index (κ1) is 15.5. The van der Waals surface area contributed by atoms with Crippen LogP contribution in [0.2, 0.25) is 0 Å². The molecular formula is C18H16O4. The third kappa shape index (κ3) is 3.61. The molecule has 4 nitrogen and oxygen atoms in total. The van der Waals surface area contributed by atoms with Crippen LogP contribution in [0.1, 0.15) is 33.2 Å². The van der Waals surface area contributed by atoms with Crippen molar-refractivity contribution < 1.29 is 19.4 Å². The first-order valence-corrected chi connectivity index (χ1v) is 6.90. The largest absolute Gasteiger partial charge is 0.507 e. The molecule has 2 aromatic carbocycles. The van der Waals surface area contributed by atoms with Crippen LogP contribution in [0, 0.1) is 0 Å². The zero-order valence-corrected chi connectivity index (χ0v) is 12.2. The van der Waals surface area contributed by atoms with Crippen molar-refractivity contribution >= 4 is 17.8 Å². The van der Waals surface area contributed by atoms with Gasteiger partial charge in [-0.1, -0.05) is 36.4 Å². The smallest absolute Gasteiger partial charge is 0.338 e. The molecule has 0 aliphatic rings. The molecule has 2 aromatic rings. The molecule has 0 fully saturated rings. The number of esters is 1. The lowest BCUT2D eigenvalue weighted by Crippen LogP contribution is -2.10.